The Morgan fingerprint density at radius 2 is 1.74 bits per heavy atom. The van der Waals surface area contributed by atoms with E-state index in [1.54, 1.807) is 36.4 Å². The molecule has 4 heteroatoms. The fourth-order valence-electron chi connectivity index (χ4n) is 2.29. The van der Waals surface area contributed by atoms with Gasteiger partial charge in [0.1, 0.15) is 0 Å². The van der Waals surface area contributed by atoms with Crippen molar-refractivity contribution < 1.29 is 14.0 Å². The number of benzene rings is 2. The van der Waals surface area contributed by atoms with Crippen LogP contribution in [0, 0.1) is 6.92 Å². The number of hydrogen-bond acceptors (Lipinski definition) is 3. The summed E-state index contributed by atoms with van der Waals surface area (Å²) in [5.41, 5.74) is 2.44. The van der Waals surface area contributed by atoms with E-state index in [9.17, 15) is 9.59 Å². The van der Waals surface area contributed by atoms with Crippen LogP contribution in [0.4, 0.5) is 5.69 Å². The number of anilines is 1. The van der Waals surface area contributed by atoms with Gasteiger partial charge in [0.15, 0.2) is 11.5 Å². The largest absolute Gasteiger partial charge is 0.459 e. The maximum atomic E-state index is 12.7. The Morgan fingerprint density at radius 3 is 2.43 bits per heavy atom. The minimum absolute atomic E-state index is 0.135. The molecule has 1 N–H and O–H groups in total. The molecule has 0 aliphatic carbocycles. The van der Waals surface area contributed by atoms with Crippen LogP contribution in [0.25, 0.3) is 0 Å². The summed E-state index contributed by atoms with van der Waals surface area (Å²) >= 11 is 0. The first-order valence-electron chi connectivity index (χ1n) is 7.20. The van der Waals surface area contributed by atoms with Gasteiger partial charge in [0.2, 0.25) is 0 Å². The summed E-state index contributed by atoms with van der Waals surface area (Å²) in [7, 11) is 0. The highest BCUT2D eigenvalue weighted by Gasteiger charge is 2.17. The highest BCUT2D eigenvalue weighted by atomic mass is 16.3. The van der Waals surface area contributed by atoms with E-state index in [1.165, 1.54) is 6.26 Å². The lowest BCUT2D eigenvalue weighted by molar-refractivity contribution is 0.0996. The molecule has 0 spiro atoms. The number of ketones is 1. The Labute approximate surface area is 133 Å². The normalized spacial score (nSPS) is 10.3. The zero-order valence-electron chi connectivity index (χ0n) is 12.6. The molecule has 23 heavy (non-hydrogen) atoms. The van der Waals surface area contributed by atoms with Crippen molar-refractivity contribution in [2.45, 2.75) is 6.92 Å². The van der Waals surface area contributed by atoms with Gasteiger partial charge in [-0.2, -0.15) is 0 Å². The molecule has 1 aromatic heterocycles. The molecule has 0 radical (unpaired) electrons. The minimum atomic E-state index is -0.388. The van der Waals surface area contributed by atoms with Crippen LogP contribution < -0.4 is 5.32 Å². The molecule has 3 aromatic rings. The van der Waals surface area contributed by atoms with Gasteiger partial charge < -0.3 is 9.73 Å². The summed E-state index contributed by atoms with van der Waals surface area (Å²) < 4.78 is 5.08. The number of carbonyl (C=O) groups excluding carboxylic acids is 2. The van der Waals surface area contributed by atoms with Crippen LogP contribution in [0.15, 0.2) is 71.3 Å². The van der Waals surface area contributed by atoms with Crippen LogP contribution in [-0.2, 0) is 0 Å². The van der Waals surface area contributed by atoms with Crippen LogP contribution >= 0.6 is 0 Å². The van der Waals surface area contributed by atoms with Gasteiger partial charge in [0.05, 0.1) is 12.0 Å². The van der Waals surface area contributed by atoms with Crippen LogP contribution in [-0.4, -0.2) is 11.7 Å². The summed E-state index contributed by atoms with van der Waals surface area (Å²) in [5.74, 6) is -0.325. The van der Waals surface area contributed by atoms with Gasteiger partial charge in [-0.15, -0.1) is 0 Å². The highest BCUT2D eigenvalue weighted by Crippen LogP contribution is 2.22. The molecule has 114 valence electrons. The molecule has 1 amide bonds. The van der Waals surface area contributed by atoms with E-state index in [4.69, 9.17) is 4.42 Å². The molecule has 0 saturated heterocycles. The third kappa shape index (κ3) is 3.21. The molecule has 0 unspecified atom stereocenters. The topological polar surface area (TPSA) is 59.3 Å². The van der Waals surface area contributed by atoms with Crippen LogP contribution in [0.1, 0.15) is 32.0 Å². The molecule has 0 aliphatic rings. The Morgan fingerprint density at radius 1 is 0.957 bits per heavy atom. The maximum Gasteiger partial charge on any atom is 0.291 e. The van der Waals surface area contributed by atoms with Crippen molar-refractivity contribution >= 4 is 17.4 Å². The molecule has 4 nitrogen and oxygen atoms in total. The lowest BCUT2D eigenvalue weighted by Gasteiger charge is -2.11. The first kappa shape index (κ1) is 14.8. The Hall–Kier alpha value is -3.14. The third-order valence-electron chi connectivity index (χ3n) is 3.45. The highest BCUT2D eigenvalue weighted by molar-refractivity contribution is 6.15. The predicted molar refractivity (Wildman–Crippen MR) is 87.7 cm³/mol. The number of carbonyl (C=O) groups is 2. The van der Waals surface area contributed by atoms with Gasteiger partial charge in [0, 0.05) is 11.1 Å². The van der Waals surface area contributed by atoms with Crippen molar-refractivity contribution in [3.63, 3.8) is 0 Å². The number of nitrogens with one attached hydrogen (secondary N) is 1. The van der Waals surface area contributed by atoms with Crippen molar-refractivity contribution in [1.82, 2.24) is 0 Å². The standard InChI is InChI=1S/C19H15NO3/c1-13-9-10-16(20-19(22)17-8-5-11-23-17)15(12-13)18(21)14-6-3-2-4-7-14/h2-12H,1H3,(H,20,22). The summed E-state index contributed by atoms with van der Waals surface area (Å²) in [6.45, 7) is 1.90. The molecule has 3 rings (SSSR count). The lowest BCUT2D eigenvalue weighted by Crippen LogP contribution is -2.14. The predicted octanol–water partition coefficient (Wildman–Crippen LogP) is 4.07. The SMILES string of the molecule is Cc1ccc(NC(=O)c2ccco2)c(C(=O)c2ccccc2)c1. The summed E-state index contributed by atoms with van der Waals surface area (Å²) in [6.07, 6.45) is 1.43. The van der Waals surface area contributed by atoms with Gasteiger partial charge in [-0.25, -0.2) is 0 Å². The van der Waals surface area contributed by atoms with E-state index in [2.05, 4.69) is 5.32 Å². The quantitative estimate of drug-likeness (QED) is 0.739. The van der Waals surface area contributed by atoms with Crippen molar-refractivity contribution in [2.24, 2.45) is 0 Å². The second-order valence-electron chi connectivity index (χ2n) is 5.18. The summed E-state index contributed by atoms with van der Waals surface area (Å²) in [4.78, 5) is 24.9. The van der Waals surface area contributed by atoms with Gasteiger partial charge in [-0.05, 0) is 31.2 Å². The molecular formula is C19H15NO3. The maximum absolute atomic E-state index is 12.7. The van der Waals surface area contributed by atoms with E-state index >= 15 is 0 Å². The van der Waals surface area contributed by atoms with Gasteiger partial charge in [-0.1, -0.05) is 42.0 Å². The smallest absolute Gasteiger partial charge is 0.291 e. The van der Waals surface area contributed by atoms with E-state index in [1.807, 2.05) is 31.2 Å². The van der Waals surface area contributed by atoms with Crippen molar-refractivity contribution in [1.29, 1.82) is 0 Å². The van der Waals surface area contributed by atoms with Crippen molar-refractivity contribution in [2.75, 3.05) is 5.32 Å². The fourth-order valence-corrected chi connectivity index (χ4v) is 2.29. The van der Waals surface area contributed by atoms with E-state index < -0.39 is 0 Å². The van der Waals surface area contributed by atoms with E-state index in [0.717, 1.165) is 5.56 Å². The van der Waals surface area contributed by atoms with E-state index in [0.29, 0.717) is 16.8 Å². The molecule has 2 aromatic carbocycles. The van der Waals surface area contributed by atoms with Gasteiger partial charge >= 0.3 is 0 Å². The van der Waals surface area contributed by atoms with Crippen LogP contribution in [0.3, 0.4) is 0 Å². The molecular weight excluding hydrogens is 290 g/mol. The molecule has 0 saturated carbocycles. The number of hydrogen-bond donors (Lipinski definition) is 1. The number of amides is 1. The average molecular weight is 305 g/mol. The van der Waals surface area contributed by atoms with E-state index in [-0.39, 0.29) is 17.5 Å². The lowest BCUT2D eigenvalue weighted by atomic mass is 9.99. The minimum Gasteiger partial charge on any atom is -0.459 e. The van der Waals surface area contributed by atoms with Gasteiger partial charge in [-0.3, -0.25) is 9.59 Å². The Balaban J connectivity index is 1.95. The number of rotatable bonds is 4. The van der Waals surface area contributed by atoms with Crippen LogP contribution in [0.5, 0.6) is 0 Å². The average Bonchev–Trinajstić information content (AvgIpc) is 3.11. The van der Waals surface area contributed by atoms with Crippen molar-refractivity contribution in [3.05, 3.63) is 89.4 Å². The zero-order chi connectivity index (χ0) is 16.2. The second kappa shape index (κ2) is 6.32. The monoisotopic (exact) mass is 305 g/mol. The Bertz CT molecular complexity index is 836. The summed E-state index contributed by atoms with van der Waals surface area (Å²) in [5, 5.41) is 2.74. The van der Waals surface area contributed by atoms with Crippen LogP contribution in [0.2, 0.25) is 0 Å². The second-order valence-corrected chi connectivity index (χ2v) is 5.18. The Kier molecular flexibility index (Phi) is 4.06. The fraction of sp³-hybridized carbons (Fsp3) is 0.0526. The first-order valence-corrected chi connectivity index (χ1v) is 7.20. The molecule has 1 heterocycles. The molecule has 0 aliphatic heterocycles. The number of aryl methyl sites for hydroxylation is 1. The first-order chi connectivity index (χ1) is 11.1. The zero-order valence-corrected chi connectivity index (χ0v) is 12.6. The number of furan rings is 1. The van der Waals surface area contributed by atoms with Crippen molar-refractivity contribution in [3.8, 4) is 0 Å². The molecule has 0 atom stereocenters. The van der Waals surface area contributed by atoms with Gasteiger partial charge in [0.25, 0.3) is 5.91 Å². The summed E-state index contributed by atoms with van der Waals surface area (Å²) in [6, 6.07) is 17.5. The molecule has 0 fully saturated rings. The third-order valence-corrected chi connectivity index (χ3v) is 3.45. The molecule has 0 bridgehead atoms.